The van der Waals surface area contributed by atoms with Gasteiger partial charge in [-0.2, -0.15) is 0 Å². The molecule has 0 radical (unpaired) electrons. The molecular formula is C16H18BrNO2. The van der Waals surface area contributed by atoms with Crippen molar-refractivity contribution in [3.05, 3.63) is 58.3 Å². The smallest absolute Gasteiger partial charge is 0.119 e. The summed E-state index contributed by atoms with van der Waals surface area (Å²) in [4.78, 5) is 4.27. The molecule has 0 saturated carbocycles. The van der Waals surface area contributed by atoms with E-state index in [4.69, 9.17) is 4.74 Å². The molecule has 1 aromatic heterocycles. The van der Waals surface area contributed by atoms with Crippen molar-refractivity contribution in [2.75, 3.05) is 6.61 Å². The van der Waals surface area contributed by atoms with Gasteiger partial charge in [0.15, 0.2) is 0 Å². The van der Waals surface area contributed by atoms with E-state index in [1.54, 1.807) is 6.20 Å². The highest BCUT2D eigenvalue weighted by Gasteiger charge is 2.09. The van der Waals surface area contributed by atoms with E-state index in [0.717, 1.165) is 27.9 Å². The lowest BCUT2D eigenvalue weighted by Gasteiger charge is -2.12. The number of halogens is 1. The highest BCUT2D eigenvalue weighted by Crippen LogP contribution is 2.21. The van der Waals surface area contributed by atoms with Gasteiger partial charge in [0, 0.05) is 22.8 Å². The summed E-state index contributed by atoms with van der Waals surface area (Å²) in [5, 5.41) is 10.2. The number of aromatic nitrogens is 1. The third-order valence-corrected chi connectivity index (χ3v) is 3.40. The van der Waals surface area contributed by atoms with Crippen molar-refractivity contribution in [1.29, 1.82) is 0 Å². The normalized spacial score (nSPS) is 12.2. The van der Waals surface area contributed by atoms with Crippen molar-refractivity contribution in [2.24, 2.45) is 0 Å². The first-order valence-corrected chi connectivity index (χ1v) is 7.49. The van der Waals surface area contributed by atoms with E-state index in [1.807, 2.05) is 36.4 Å². The summed E-state index contributed by atoms with van der Waals surface area (Å²) in [5.41, 5.74) is 1.74. The van der Waals surface area contributed by atoms with Crippen LogP contribution in [0.25, 0.3) is 0 Å². The molecule has 1 N–H and O–H groups in total. The van der Waals surface area contributed by atoms with E-state index in [2.05, 4.69) is 27.8 Å². The average molecular weight is 336 g/mol. The zero-order valence-electron chi connectivity index (χ0n) is 11.4. The van der Waals surface area contributed by atoms with Gasteiger partial charge in [0.05, 0.1) is 12.7 Å². The number of hydrogen-bond donors (Lipinski definition) is 1. The summed E-state index contributed by atoms with van der Waals surface area (Å²) in [6.45, 7) is 2.79. The Morgan fingerprint density at radius 2 is 1.95 bits per heavy atom. The van der Waals surface area contributed by atoms with Gasteiger partial charge in [-0.05, 0) is 52.2 Å². The molecular weight excluding hydrogens is 318 g/mol. The van der Waals surface area contributed by atoms with Gasteiger partial charge in [0.2, 0.25) is 0 Å². The number of benzene rings is 1. The predicted octanol–water partition coefficient (Wildman–Crippen LogP) is 3.91. The number of aliphatic hydroxyl groups is 1. The van der Waals surface area contributed by atoms with Crippen LogP contribution in [0.4, 0.5) is 0 Å². The maximum atomic E-state index is 10.2. The molecule has 0 fully saturated rings. The highest BCUT2D eigenvalue weighted by atomic mass is 79.9. The Balaban J connectivity index is 1.98. The summed E-state index contributed by atoms with van der Waals surface area (Å²) in [7, 11) is 0. The van der Waals surface area contributed by atoms with Gasteiger partial charge in [0.25, 0.3) is 0 Å². The van der Waals surface area contributed by atoms with Gasteiger partial charge < -0.3 is 9.84 Å². The average Bonchev–Trinajstić information content (AvgIpc) is 2.48. The number of hydrogen-bond acceptors (Lipinski definition) is 3. The fraction of sp³-hybridized carbons (Fsp3) is 0.312. The molecule has 0 amide bonds. The van der Waals surface area contributed by atoms with Crippen LogP contribution in [0, 0.1) is 0 Å². The van der Waals surface area contributed by atoms with Gasteiger partial charge in [0.1, 0.15) is 5.75 Å². The fourth-order valence-electron chi connectivity index (χ4n) is 1.85. The molecule has 0 saturated heterocycles. The van der Waals surface area contributed by atoms with Crippen molar-refractivity contribution in [3.63, 3.8) is 0 Å². The number of aliphatic hydroxyl groups excluding tert-OH is 1. The summed E-state index contributed by atoms with van der Waals surface area (Å²) in [6, 6.07) is 11.4. The van der Waals surface area contributed by atoms with Crippen LogP contribution in [0.15, 0.2) is 47.1 Å². The zero-order chi connectivity index (χ0) is 14.4. The van der Waals surface area contributed by atoms with Crippen LogP contribution in [-0.2, 0) is 6.42 Å². The molecule has 3 nitrogen and oxygen atoms in total. The largest absolute Gasteiger partial charge is 0.494 e. The van der Waals surface area contributed by atoms with Crippen LogP contribution in [0.2, 0.25) is 0 Å². The minimum absolute atomic E-state index is 0.502. The third kappa shape index (κ3) is 4.32. The summed E-state index contributed by atoms with van der Waals surface area (Å²) < 4.78 is 6.46. The topological polar surface area (TPSA) is 42.4 Å². The van der Waals surface area contributed by atoms with Crippen molar-refractivity contribution in [1.82, 2.24) is 4.98 Å². The van der Waals surface area contributed by atoms with Crippen molar-refractivity contribution in [3.8, 4) is 5.75 Å². The van der Waals surface area contributed by atoms with Crippen molar-refractivity contribution in [2.45, 2.75) is 25.9 Å². The molecule has 0 aliphatic rings. The summed E-state index contributed by atoms with van der Waals surface area (Å²) >= 11 is 3.35. The molecule has 0 aliphatic heterocycles. The molecule has 4 heteroatoms. The van der Waals surface area contributed by atoms with E-state index >= 15 is 0 Å². The second-order valence-corrected chi connectivity index (χ2v) is 5.52. The Morgan fingerprint density at radius 1 is 1.20 bits per heavy atom. The standard InChI is InChI=1S/C16H18BrNO2/c1-2-9-20-15-7-3-12(4-8-15)16(19)10-14-6-5-13(17)11-18-14/h3-8,11,16,19H,2,9-10H2,1H3. The first kappa shape index (κ1) is 15.0. The monoisotopic (exact) mass is 335 g/mol. The lowest BCUT2D eigenvalue weighted by Crippen LogP contribution is -2.03. The van der Waals surface area contributed by atoms with Crippen LogP contribution >= 0.6 is 15.9 Å². The second kappa shape index (κ2) is 7.41. The lowest BCUT2D eigenvalue weighted by molar-refractivity contribution is 0.177. The predicted molar refractivity (Wildman–Crippen MR) is 82.8 cm³/mol. The van der Waals surface area contributed by atoms with E-state index in [-0.39, 0.29) is 0 Å². The number of pyridine rings is 1. The molecule has 1 unspecified atom stereocenters. The molecule has 1 heterocycles. The summed E-state index contributed by atoms with van der Waals surface area (Å²) in [5.74, 6) is 0.838. The van der Waals surface area contributed by atoms with E-state index in [1.165, 1.54) is 0 Å². The first-order valence-electron chi connectivity index (χ1n) is 6.70. The Hall–Kier alpha value is -1.39. The third-order valence-electron chi connectivity index (χ3n) is 2.93. The molecule has 1 atom stereocenters. The van der Waals surface area contributed by atoms with Crippen LogP contribution in [-0.4, -0.2) is 16.7 Å². The number of nitrogens with zero attached hydrogens (tertiary/aromatic N) is 1. The van der Waals surface area contributed by atoms with Gasteiger partial charge in [-0.25, -0.2) is 0 Å². The minimum atomic E-state index is -0.552. The molecule has 0 spiro atoms. The number of rotatable bonds is 6. The van der Waals surface area contributed by atoms with Crippen molar-refractivity contribution < 1.29 is 9.84 Å². The van der Waals surface area contributed by atoms with Gasteiger partial charge in [-0.3, -0.25) is 4.98 Å². The Bertz CT molecular complexity index is 525. The van der Waals surface area contributed by atoms with Gasteiger partial charge >= 0.3 is 0 Å². The molecule has 106 valence electrons. The molecule has 0 bridgehead atoms. The maximum absolute atomic E-state index is 10.2. The van der Waals surface area contributed by atoms with Crippen LogP contribution in [0.5, 0.6) is 5.75 Å². The first-order chi connectivity index (χ1) is 9.69. The SMILES string of the molecule is CCCOc1ccc(C(O)Cc2ccc(Br)cn2)cc1. The van der Waals surface area contributed by atoms with Crippen LogP contribution in [0.3, 0.4) is 0 Å². The molecule has 0 aliphatic carbocycles. The minimum Gasteiger partial charge on any atom is -0.494 e. The molecule has 20 heavy (non-hydrogen) atoms. The second-order valence-electron chi connectivity index (χ2n) is 4.61. The van der Waals surface area contributed by atoms with Crippen LogP contribution < -0.4 is 4.74 Å². The molecule has 2 aromatic rings. The van der Waals surface area contributed by atoms with Crippen molar-refractivity contribution >= 4 is 15.9 Å². The molecule has 2 rings (SSSR count). The maximum Gasteiger partial charge on any atom is 0.119 e. The highest BCUT2D eigenvalue weighted by molar-refractivity contribution is 9.10. The van der Waals surface area contributed by atoms with E-state index in [9.17, 15) is 5.11 Å². The van der Waals surface area contributed by atoms with E-state index < -0.39 is 6.10 Å². The lowest BCUT2D eigenvalue weighted by atomic mass is 10.0. The van der Waals surface area contributed by atoms with Gasteiger partial charge in [-0.1, -0.05) is 19.1 Å². The van der Waals surface area contributed by atoms with Crippen LogP contribution in [0.1, 0.15) is 30.7 Å². The number of ether oxygens (including phenoxy) is 1. The Morgan fingerprint density at radius 3 is 2.55 bits per heavy atom. The molecule has 1 aromatic carbocycles. The Labute approximate surface area is 127 Å². The van der Waals surface area contributed by atoms with Gasteiger partial charge in [-0.15, -0.1) is 0 Å². The van der Waals surface area contributed by atoms with E-state index in [0.29, 0.717) is 13.0 Å². The fourth-order valence-corrected chi connectivity index (χ4v) is 2.08. The zero-order valence-corrected chi connectivity index (χ0v) is 13.0. The quantitative estimate of drug-likeness (QED) is 0.870. The summed E-state index contributed by atoms with van der Waals surface area (Å²) in [6.07, 6.45) is 2.68. The Kier molecular flexibility index (Phi) is 5.56.